The molecule has 0 spiro atoms. The summed E-state index contributed by atoms with van der Waals surface area (Å²) in [7, 11) is -7.75. The van der Waals surface area contributed by atoms with Crippen LogP contribution in [0.2, 0.25) is 5.02 Å². The quantitative estimate of drug-likeness (QED) is 0.391. The second-order valence-corrected chi connectivity index (χ2v) is 12.1. The summed E-state index contributed by atoms with van der Waals surface area (Å²) in [5.41, 5.74) is 3.82. The molecule has 0 atom stereocenters. The van der Waals surface area contributed by atoms with Gasteiger partial charge in [0, 0.05) is 42.1 Å². The molecule has 1 aliphatic heterocycles. The lowest BCUT2D eigenvalue weighted by Gasteiger charge is -2.28. The molecule has 2 aromatic heterocycles. The van der Waals surface area contributed by atoms with E-state index in [0.29, 0.717) is 30.0 Å². The van der Waals surface area contributed by atoms with Gasteiger partial charge in [0.05, 0.1) is 21.9 Å². The number of sulfonamides is 1. The van der Waals surface area contributed by atoms with Crippen LogP contribution in [0.25, 0.3) is 22.2 Å². The van der Waals surface area contributed by atoms with Gasteiger partial charge in [0.1, 0.15) is 4.90 Å². The molecule has 0 bridgehead atoms. The smallest absolute Gasteiger partial charge is 0.280 e. The fourth-order valence-electron chi connectivity index (χ4n) is 4.04. The fourth-order valence-corrected chi connectivity index (χ4v) is 6.95. The van der Waals surface area contributed by atoms with E-state index in [2.05, 4.69) is 19.4 Å². The molecular weight excluding hydrogens is 522 g/mol. The van der Waals surface area contributed by atoms with Crippen molar-refractivity contribution in [2.24, 2.45) is 0 Å². The molecule has 1 aliphatic rings. The van der Waals surface area contributed by atoms with Gasteiger partial charge in [-0.2, -0.15) is 13.1 Å². The zero-order valence-electron chi connectivity index (χ0n) is 19.1. The highest BCUT2D eigenvalue weighted by Gasteiger charge is 2.27. The molecule has 0 amide bonds. The number of fused-ring (bicyclic) bond motifs is 1. The van der Waals surface area contributed by atoms with Crippen molar-refractivity contribution in [3.8, 4) is 11.3 Å². The Kier molecular flexibility index (Phi) is 6.33. The molecule has 36 heavy (non-hydrogen) atoms. The molecular formula is C24H22ClN5O4S2. The Morgan fingerprint density at radius 2 is 1.92 bits per heavy atom. The van der Waals surface area contributed by atoms with Gasteiger partial charge in [0.2, 0.25) is 0 Å². The summed E-state index contributed by atoms with van der Waals surface area (Å²) in [4.78, 5) is 8.63. The van der Waals surface area contributed by atoms with E-state index in [0.717, 1.165) is 22.0 Å². The Labute approximate surface area is 214 Å². The summed E-state index contributed by atoms with van der Waals surface area (Å²) in [5.74, 6) is 0. The third-order valence-electron chi connectivity index (χ3n) is 5.86. The van der Waals surface area contributed by atoms with Gasteiger partial charge >= 0.3 is 10.2 Å². The van der Waals surface area contributed by atoms with Gasteiger partial charge in [0.15, 0.2) is 0 Å². The number of hydrogen-bond donors (Lipinski definition) is 2. The summed E-state index contributed by atoms with van der Waals surface area (Å²) in [6.07, 6.45) is 4.02. The SMILES string of the molecule is Cc1ccc(NS(=O)(=O)c2ccc(N3CCCNS3(=O)=O)cc2Cl)cc1-c1ccc2cnccc2n1. The number of benzene rings is 2. The van der Waals surface area contributed by atoms with Gasteiger partial charge in [-0.3, -0.25) is 14.0 Å². The first kappa shape index (κ1) is 24.4. The maximum atomic E-state index is 13.2. The summed E-state index contributed by atoms with van der Waals surface area (Å²) < 4.78 is 57.2. The van der Waals surface area contributed by atoms with E-state index in [-0.39, 0.29) is 16.5 Å². The monoisotopic (exact) mass is 543 g/mol. The highest BCUT2D eigenvalue weighted by Crippen LogP contribution is 2.32. The molecule has 2 N–H and O–H groups in total. The van der Waals surface area contributed by atoms with E-state index in [1.807, 2.05) is 31.2 Å². The number of aromatic nitrogens is 2. The van der Waals surface area contributed by atoms with Crippen LogP contribution in [-0.2, 0) is 20.2 Å². The number of nitrogens with one attached hydrogen (secondary N) is 2. The lowest BCUT2D eigenvalue weighted by atomic mass is 10.0. The molecule has 2 aromatic carbocycles. The minimum atomic E-state index is -4.06. The number of nitrogens with zero attached hydrogens (tertiary/aromatic N) is 3. The predicted molar refractivity (Wildman–Crippen MR) is 141 cm³/mol. The first-order chi connectivity index (χ1) is 17.1. The normalized spacial score (nSPS) is 15.7. The topological polar surface area (TPSA) is 121 Å². The highest BCUT2D eigenvalue weighted by atomic mass is 35.5. The van der Waals surface area contributed by atoms with Gasteiger partial charge in [0.25, 0.3) is 10.0 Å². The second kappa shape index (κ2) is 9.32. The first-order valence-electron chi connectivity index (χ1n) is 11.1. The second-order valence-electron chi connectivity index (χ2n) is 8.34. The average Bonchev–Trinajstić information content (AvgIpc) is 2.84. The molecule has 0 saturated carbocycles. The molecule has 3 heterocycles. The molecule has 1 saturated heterocycles. The lowest BCUT2D eigenvalue weighted by Crippen LogP contribution is -2.47. The fraction of sp³-hybridized carbons (Fsp3) is 0.167. The maximum absolute atomic E-state index is 13.2. The standard InChI is InChI=1S/C24H22ClN5O4S2/c1-16-3-5-18(13-20(16)23-7-4-17-15-26-11-9-22(17)28-23)29-35(31,32)24-8-6-19(14-21(24)25)30-12-2-10-27-36(30,33)34/h3-9,11,13-15,27,29H,2,10,12H2,1H3. The molecule has 12 heteroatoms. The summed E-state index contributed by atoms with van der Waals surface area (Å²) in [5, 5.41) is 0.819. The number of hydrogen-bond acceptors (Lipinski definition) is 6. The third kappa shape index (κ3) is 4.74. The van der Waals surface area contributed by atoms with Crippen molar-refractivity contribution >= 4 is 54.1 Å². The van der Waals surface area contributed by atoms with Crippen LogP contribution in [0.15, 0.2) is 71.9 Å². The van der Waals surface area contributed by atoms with Crippen molar-refractivity contribution in [2.75, 3.05) is 22.1 Å². The Morgan fingerprint density at radius 3 is 2.69 bits per heavy atom. The van der Waals surface area contributed by atoms with Crippen molar-refractivity contribution in [3.63, 3.8) is 0 Å². The molecule has 186 valence electrons. The van der Waals surface area contributed by atoms with Crippen LogP contribution in [-0.4, -0.2) is 39.9 Å². The Morgan fingerprint density at radius 1 is 1.08 bits per heavy atom. The summed E-state index contributed by atoms with van der Waals surface area (Å²) >= 11 is 6.32. The maximum Gasteiger partial charge on any atom is 0.301 e. The lowest BCUT2D eigenvalue weighted by molar-refractivity contribution is 0.560. The molecule has 0 aliphatic carbocycles. The number of aryl methyl sites for hydroxylation is 1. The van der Waals surface area contributed by atoms with Gasteiger partial charge in [-0.25, -0.2) is 13.4 Å². The zero-order chi connectivity index (χ0) is 25.5. The van der Waals surface area contributed by atoms with Crippen LogP contribution in [0.1, 0.15) is 12.0 Å². The van der Waals surface area contributed by atoms with Crippen LogP contribution in [0.3, 0.4) is 0 Å². The van der Waals surface area contributed by atoms with E-state index in [1.165, 1.54) is 22.5 Å². The van der Waals surface area contributed by atoms with Crippen molar-refractivity contribution in [2.45, 2.75) is 18.2 Å². The first-order valence-corrected chi connectivity index (χ1v) is 14.4. The van der Waals surface area contributed by atoms with E-state index in [1.54, 1.807) is 24.5 Å². The number of pyridine rings is 2. The van der Waals surface area contributed by atoms with E-state index >= 15 is 0 Å². The van der Waals surface area contributed by atoms with E-state index in [4.69, 9.17) is 11.6 Å². The van der Waals surface area contributed by atoms with Gasteiger partial charge in [-0.05, 0) is 67.4 Å². The number of halogens is 1. The Hall–Kier alpha value is -3.25. The van der Waals surface area contributed by atoms with Crippen molar-refractivity contribution in [3.05, 3.63) is 77.6 Å². The number of rotatable bonds is 5. The van der Waals surface area contributed by atoms with Crippen LogP contribution in [0.5, 0.6) is 0 Å². The van der Waals surface area contributed by atoms with Crippen LogP contribution >= 0.6 is 11.6 Å². The molecule has 0 radical (unpaired) electrons. The Bertz CT molecular complexity index is 1690. The minimum Gasteiger partial charge on any atom is -0.280 e. The summed E-state index contributed by atoms with van der Waals surface area (Å²) in [6.45, 7) is 2.56. The third-order valence-corrected chi connectivity index (χ3v) is 9.27. The zero-order valence-corrected chi connectivity index (χ0v) is 21.5. The molecule has 4 aromatic rings. The van der Waals surface area contributed by atoms with E-state index in [9.17, 15) is 16.8 Å². The largest absolute Gasteiger partial charge is 0.301 e. The average molecular weight is 544 g/mol. The van der Waals surface area contributed by atoms with Gasteiger partial charge in [-0.1, -0.05) is 17.7 Å². The number of anilines is 2. The molecule has 1 fully saturated rings. The summed E-state index contributed by atoms with van der Waals surface area (Å²) in [6, 6.07) is 14.9. The van der Waals surface area contributed by atoms with Crippen LogP contribution in [0, 0.1) is 6.92 Å². The van der Waals surface area contributed by atoms with Crippen LogP contribution in [0.4, 0.5) is 11.4 Å². The van der Waals surface area contributed by atoms with Crippen molar-refractivity contribution < 1.29 is 16.8 Å². The van der Waals surface area contributed by atoms with Gasteiger partial charge in [-0.15, -0.1) is 0 Å². The highest BCUT2D eigenvalue weighted by molar-refractivity contribution is 7.93. The van der Waals surface area contributed by atoms with Crippen molar-refractivity contribution in [1.82, 2.24) is 14.7 Å². The van der Waals surface area contributed by atoms with Crippen molar-refractivity contribution in [1.29, 1.82) is 0 Å². The predicted octanol–water partition coefficient (Wildman–Crippen LogP) is 4.10. The Balaban J connectivity index is 1.45. The molecule has 9 nitrogen and oxygen atoms in total. The van der Waals surface area contributed by atoms with E-state index < -0.39 is 20.2 Å². The van der Waals surface area contributed by atoms with Crippen LogP contribution < -0.4 is 13.7 Å². The van der Waals surface area contributed by atoms with Gasteiger partial charge < -0.3 is 0 Å². The molecule has 0 unspecified atom stereocenters. The molecule has 5 rings (SSSR count). The minimum absolute atomic E-state index is 0.0853.